The maximum Gasteiger partial charge on any atom is 0.334 e. The number of aryl methyl sites for hydroxylation is 1. The molecule has 0 bridgehead atoms. The Morgan fingerprint density at radius 1 is 1.57 bits per heavy atom. The van der Waals surface area contributed by atoms with Crippen LogP contribution in [-0.4, -0.2) is 53.5 Å². The van der Waals surface area contributed by atoms with Crippen molar-refractivity contribution < 1.29 is 19.2 Å². The summed E-state index contributed by atoms with van der Waals surface area (Å²) >= 11 is 0. The Kier molecular flexibility index (Phi) is 3.94. The molecule has 0 saturated carbocycles. The van der Waals surface area contributed by atoms with Crippen molar-refractivity contribution in [1.29, 1.82) is 0 Å². The Bertz CT molecular complexity index is 560. The topological polar surface area (TPSA) is 87.8 Å². The maximum atomic E-state index is 11.4. The predicted molar refractivity (Wildman–Crippen MR) is 74.9 cm³/mol. The van der Waals surface area contributed by atoms with Crippen LogP contribution in [0.5, 0.6) is 0 Å². The highest BCUT2D eigenvalue weighted by Gasteiger charge is 2.29. The van der Waals surface area contributed by atoms with Crippen LogP contribution in [0.15, 0.2) is 21.9 Å². The molecular weight excluding hydrogens is 274 g/mol. The number of rotatable bonds is 5. The largest absolute Gasteiger partial charge is 0.478 e. The van der Waals surface area contributed by atoms with E-state index in [2.05, 4.69) is 15.4 Å². The van der Waals surface area contributed by atoms with Crippen molar-refractivity contribution >= 4 is 11.8 Å². The van der Waals surface area contributed by atoms with Crippen LogP contribution >= 0.6 is 0 Å². The SMILES string of the molecule is Cc1cc(NC2=C(C(=O)O)CN(C[C@H]3CCCO3)C2)no1. The smallest absolute Gasteiger partial charge is 0.334 e. The van der Waals surface area contributed by atoms with Crippen LogP contribution in [0.1, 0.15) is 18.6 Å². The normalized spacial score (nSPS) is 23.0. The molecule has 7 nitrogen and oxygen atoms in total. The summed E-state index contributed by atoms with van der Waals surface area (Å²) < 4.78 is 10.6. The van der Waals surface area contributed by atoms with Crippen molar-refractivity contribution in [3.05, 3.63) is 23.1 Å². The Labute approximate surface area is 122 Å². The number of hydrogen-bond donors (Lipinski definition) is 2. The number of anilines is 1. The number of nitrogens with one attached hydrogen (secondary N) is 1. The van der Waals surface area contributed by atoms with E-state index in [0.717, 1.165) is 26.0 Å². The zero-order valence-electron chi connectivity index (χ0n) is 12.0. The first kappa shape index (κ1) is 14.1. The number of carboxylic acid groups (broad SMARTS) is 1. The summed E-state index contributed by atoms with van der Waals surface area (Å²) in [6, 6.07) is 1.75. The molecule has 1 saturated heterocycles. The molecule has 1 aromatic rings. The molecule has 0 aliphatic carbocycles. The van der Waals surface area contributed by atoms with Crippen LogP contribution in [0.25, 0.3) is 0 Å². The average molecular weight is 293 g/mol. The molecule has 1 atom stereocenters. The van der Waals surface area contributed by atoms with Gasteiger partial charge < -0.3 is 19.7 Å². The van der Waals surface area contributed by atoms with Gasteiger partial charge in [0.05, 0.1) is 11.7 Å². The molecule has 1 aromatic heterocycles. The van der Waals surface area contributed by atoms with Crippen molar-refractivity contribution in [3.8, 4) is 0 Å². The molecule has 2 N–H and O–H groups in total. The third-order valence-electron chi connectivity index (χ3n) is 3.78. The fourth-order valence-electron chi connectivity index (χ4n) is 2.79. The molecule has 1 fully saturated rings. The molecule has 2 aliphatic rings. The molecule has 0 aromatic carbocycles. The van der Waals surface area contributed by atoms with E-state index in [1.54, 1.807) is 13.0 Å². The molecule has 114 valence electrons. The molecule has 3 heterocycles. The first-order valence-corrected chi connectivity index (χ1v) is 7.11. The Morgan fingerprint density at radius 2 is 2.43 bits per heavy atom. The van der Waals surface area contributed by atoms with Crippen molar-refractivity contribution in [1.82, 2.24) is 10.1 Å². The van der Waals surface area contributed by atoms with Gasteiger partial charge in [-0.05, 0) is 19.8 Å². The highest BCUT2D eigenvalue weighted by Crippen LogP contribution is 2.22. The minimum atomic E-state index is -0.896. The van der Waals surface area contributed by atoms with Gasteiger partial charge in [0.25, 0.3) is 0 Å². The second kappa shape index (κ2) is 5.87. The Hall–Kier alpha value is -1.86. The van der Waals surface area contributed by atoms with E-state index in [1.165, 1.54) is 0 Å². The predicted octanol–water partition coefficient (Wildman–Crippen LogP) is 1.23. The van der Waals surface area contributed by atoms with E-state index in [-0.39, 0.29) is 6.10 Å². The van der Waals surface area contributed by atoms with Gasteiger partial charge in [-0.2, -0.15) is 0 Å². The first-order valence-electron chi connectivity index (χ1n) is 7.11. The van der Waals surface area contributed by atoms with Crippen LogP contribution < -0.4 is 5.32 Å². The van der Waals surface area contributed by atoms with Crippen molar-refractivity contribution in [3.63, 3.8) is 0 Å². The van der Waals surface area contributed by atoms with Crippen molar-refractivity contribution in [2.24, 2.45) is 0 Å². The standard InChI is InChI=1S/C14H19N3O4/c1-9-5-13(16-21-9)15-12-8-17(7-11(12)14(18)19)6-10-3-2-4-20-10/h5,10H,2-4,6-8H2,1H3,(H,15,16)(H,18,19)/t10-/m1/s1. The van der Waals surface area contributed by atoms with E-state index in [4.69, 9.17) is 9.26 Å². The van der Waals surface area contributed by atoms with Gasteiger partial charge >= 0.3 is 5.97 Å². The molecule has 0 amide bonds. The summed E-state index contributed by atoms with van der Waals surface area (Å²) in [5.41, 5.74) is 1.06. The molecule has 0 unspecified atom stereocenters. The van der Waals surface area contributed by atoms with Crippen LogP contribution in [0.3, 0.4) is 0 Å². The van der Waals surface area contributed by atoms with Crippen LogP contribution in [-0.2, 0) is 9.53 Å². The number of aliphatic carboxylic acids is 1. The van der Waals surface area contributed by atoms with Gasteiger partial charge in [0.1, 0.15) is 5.76 Å². The Morgan fingerprint density at radius 3 is 3.05 bits per heavy atom. The number of carbonyl (C=O) groups is 1. The van der Waals surface area contributed by atoms with E-state index in [9.17, 15) is 9.90 Å². The monoisotopic (exact) mass is 293 g/mol. The second-order valence-corrected chi connectivity index (χ2v) is 5.51. The minimum Gasteiger partial charge on any atom is -0.478 e. The van der Waals surface area contributed by atoms with E-state index >= 15 is 0 Å². The van der Waals surface area contributed by atoms with E-state index in [0.29, 0.717) is 35.9 Å². The summed E-state index contributed by atoms with van der Waals surface area (Å²) in [5.74, 6) is 0.331. The summed E-state index contributed by atoms with van der Waals surface area (Å²) in [6.07, 6.45) is 2.35. The zero-order valence-corrected chi connectivity index (χ0v) is 12.0. The number of nitrogens with zero attached hydrogens (tertiary/aromatic N) is 2. The quantitative estimate of drug-likeness (QED) is 0.844. The van der Waals surface area contributed by atoms with Gasteiger partial charge in [-0.15, -0.1) is 0 Å². The fourth-order valence-corrected chi connectivity index (χ4v) is 2.79. The highest BCUT2D eigenvalue weighted by atomic mass is 16.5. The third kappa shape index (κ3) is 3.25. The number of hydrogen-bond acceptors (Lipinski definition) is 6. The number of aromatic nitrogens is 1. The molecule has 2 aliphatic heterocycles. The van der Waals surface area contributed by atoms with E-state index in [1.807, 2.05) is 0 Å². The van der Waals surface area contributed by atoms with E-state index < -0.39 is 5.97 Å². The summed E-state index contributed by atoms with van der Waals surface area (Å²) in [7, 11) is 0. The molecule has 21 heavy (non-hydrogen) atoms. The van der Waals surface area contributed by atoms with Gasteiger partial charge in [-0.1, -0.05) is 5.16 Å². The summed E-state index contributed by atoms with van der Waals surface area (Å²) in [5, 5.41) is 16.3. The lowest BCUT2D eigenvalue weighted by Gasteiger charge is -2.19. The number of ether oxygens (including phenoxy) is 1. The van der Waals surface area contributed by atoms with Crippen LogP contribution in [0, 0.1) is 6.92 Å². The lowest BCUT2D eigenvalue weighted by atomic mass is 10.2. The lowest BCUT2D eigenvalue weighted by Crippen LogP contribution is -2.31. The summed E-state index contributed by atoms with van der Waals surface area (Å²) in [4.78, 5) is 13.5. The second-order valence-electron chi connectivity index (χ2n) is 5.51. The maximum absolute atomic E-state index is 11.4. The van der Waals surface area contributed by atoms with Crippen LogP contribution in [0.4, 0.5) is 5.82 Å². The molecule has 3 rings (SSSR count). The Balaban J connectivity index is 1.66. The zero-order chi connectivity index (χ0) is 14.8. The summed E-state index contributed by atoms with van der Waals surface area (Å²) in [6.45, 7) is 4.35. The average Bonchev–Trinajstić information content (AvgIpc) is 3.13. The first-order chi connectivity index (χ1) is 10.1. The number of carboxylic acids is 1. The molecule has 0 spiro atoms. The van der Waals surface area contributed by atoms with Gasteiger partial charge in [-0.3, -0.25) is 4.90 Å². The van der Waals surface area contributed by atoms with Crippen molar-refractivity contribution in [2.45, 2.75) is 25.9 Å². The van der Waals surface area contributed by atoms with Gasteiger partial charge in [0.2, 0.25) is 0 Å². The van der Waals surface area contributed by atoms with Crippen molar-refractivity contribution in [2.75, 3.05) is 31.6 Å². The highest BCUT2D eigenvalue weighted by molar-refractivity contribution is 5.89. The van der Waals surface area contributed by atoms with Gasteiger partial charge in [0.15, 0.2) is 5.82 Å². The fraction of sp³-hybridized carbons (Fsp3) is 0.571. The lowest BCUT2D eigenvalue weighted by molar-refractivity contribution is -0.132. The van der Waals surface area contributed by atoms with Crippen LogP contribution in [0.2, 0.25) is 0 Å². The van der Waals surface area contributed by atoms with Gasteiger partial charge in [0, 0.05) is 38.0 Å². The molecule has 0 radical (unpaired) electrons. The van der Waals surface area contributed by atoms with Gasteiger partial charge in [-0.25, -0.2) is 4.79 Å². The molecular formula is C14H19N3O4. The minimum absolute atomic E-state index is 0.216. The molecule has 7 heteroatoms. The third-order valence-corrected chi connectivity index (χ3v) is 3.78.